The Morgan fingerprint density at radius 2 is 2.05 bits per heavy atom. The Morgan fingerprint density at radius 1 is 1.21 bits per heavy atom. The number of hydrogen-bond donors (Lipinski definition) is 1. The average Bonchev–Trinajstić information content (AvgIpc) is 3.11. The lowest BCUT2D eigenvalue weighted by Crippen LogP contribution is -2.28. The molecule has 19 heavy (non-hydrogen) atoms. The molecule has 1 aliphatic rings. The van der Waals surface area contributed by atoms with Gasteiger partial charge in [-0.3, -0.25) is 4.99 Å². The van der Waals surface area contributed by atoms with Gasteiger partial charge >= 0.3 is 0 Å². The maximum atomic E-state index is 4.51. The molecule has 0 aliphatic carbocycles. The zero-order chi connectivity index (χ0) is 13.1. The van der Waals surface area contributed by atoms with Crippen LogP contribution in [-0.2, 0) is 6.54 Å². The van der Waals surface area contributed by atoms with Crippen LogP contribution in [-0.4, -0.2) is 23.5 Å². The largest absolute Gasteiger partial charge is 0.372 e. The van der Waals surface area contributed by atoms with Crippen molar-refractivity contribution in [1.29, 1.82) is 0 Å². The molecule has 3 rings (SSSR count). The van der Waals surface area contributed by atoms with Gasteiger partial charge in [-0.25, -0.2) is 0 Å². The van der Waals surface area contributed by atoms with Gasteiger partial charge in [0.05, 0.1) is 6.54 Å². The molecule has 0 saturated heterocycles. The maximum Gasteiger partial charge on any atom is 0.101 e. The lowest BCUT2D eigenvalue weighted by atomic mass is 10.1. The first-order valence-electron chi connectivity index (χ1n) is 6.83. The molecule has 1 N–H and O–H groups in total. The summed E-state index contributed by atoms with van der Waals surface area (Å²) in [7, 11) is 0. The molecule has 1 aliphatic heterocycles. The van der Waals surface area contributed by atoms with Gasteiger partial charge in [0.25, 0.3) is 0 Å². The highest BCUT2D eigenvalue weighted by Crippen LogP contribution is 2.21. The third kappa shape index (κ3) is 2.55. The van der Waals surface area contributed by atoms with Gasteiger partial charge in [-0.15, -0.1) is 0 Å². The van der Waals surface area contributed by atoms with Crippen LogP contribution in [0.4, 0.5) is 0 Å². The van der Waals surface area contributed by atoms with E-state index in [0.29, 0.717) is 5.92 Å². The first-order chi connectivity index (χ1) is 9.34. The van der Waals surface area contributed by atoms with E-state index in [-0.39, 0.29) is 0 Å². The highest BCUT2D eigenvalue weighted by Gasteiger charge is 2.15. The lowest BCUT2D eigenvalue weighted by molar-refractivity contribution is 0.594. The molecule has 3 heteroatoms. The zero-order valence-corrected chi connectivity index (χ0v) is 11.2. The van der Waals surface area contributed by atoms with Crippen molar-refractivity contribution >= 4 is 5.84 Å². The summed E-state index contributed by atoms with van der Waals surface area (Å²) in [5, 5.41) is 3.36. The van der Waals surface area contributed by atoms with Gasteiger partial charge in [-0.05, 0) is 17.7 Å². The molecule has 2 aromatic rings. The van der Waals surface area contributed by atoms with Crippen LogP contribution in [0, 0.1) is 5.92 Å². The minimum atomic E-state index is 0.428. The molecular formula is C16H19N3. The number of nitrogens with zero attached hydrogens (tertiary/aromatic N) is 2. The monoisotopic (exact) mass is 253 g/mol. The quantitative estimate of drug-likeness (QED) is 0.892. The highest BCUT2D eigenvalue weighted by atomic mass is 15.1. The average molecular weight is 253 g/mol. The summed E-state index contributed by atoms with van der Waals surface area (Å²) in [6.07, 6.45) is 2.15. The Bertz CT molecular complexity index is 569. The van der Waals surface area contributed by atoms with Crippen molar-refractivity contribution in [2.24, 2.45) is 10.9 Å². The van der Waals surface area contributed by atoms with Gasteiger partial charge < -0.3 is 9.88 Å². The van der Waals surface area contributed by atoms with Crippen molar-refractivity contribution < 1.29 is 0 Å². The number of hydrogen-bond acceptors (Lipinski definition) is 2. The Balaban J connectivity index is 1.81. The zero-order valence-electron chi connectivity index (χ0n) is 11.2. The molecule has 1 aromatic heterocycles. The van der Waals surface area contributed by atoms with Crippen LogP contribution >= 0.6 is 0 Å². The predicted molar refractivity (Wildman–Crippen MR) is 79.3 cm³/mol. The molecule has 0 bridgehead atoms. The number of aromatic nitrogens is 1. The van der Waals surface area contributed by atoms with Crippen LogP contribution in [0.15, 0.2) is 53.7 Å². The van der Waals surface area contributed by atoms with E-state index in [1.54, 1.807) is 0 Å². The van der Waals surface area contributed by atoms with Crippen molar-refractivity contribution in [3.05, 3.63) is 48.7 Å². The Morgan fingerprint density at radius 3 is 2.79 bits per heavy atom. The minimum absolute atomic E-state index is 0.428. The number of benzene rings is 1. The van der Waals surface area contributed by atoms with E-state index in [4.69, 9.17) is 0 Å². The van der Waals surface area contributed by atoms with Crippen molar-refractivity contribution in [2.75, 3.05) is 13.1 Å². The molecule has 0 spiro atoms. The van der Waals surface area contributed by atoms with E-state index in [9.17, 15) is 0 Å². The molecule has 0 radical (unpaired) electrons. The second-order valence-corrected chi connectivity index (χ2v) is 5.01. The summed E-state index contributed by atoms with van der Waals surface area (Å²) < 4.78 is 2.31. The maximum absolute atomic E-state index is 4.51. The normalized spacial score (nSPS) is 15.9. The fraction of sp³-hybridized carbons (Fsp3) is 0.312. The van der Waals surface area contributed by atoms with Gasteiger partial charge in [0.2, 0.25) is 0 Å². The van der Waals surface area contributed by atoms with E-state index < -0.39 is 0 Å². The van der Waals surface area contributed by atoms with E-state index in [2.05, 4.69) is 70.5 Å². The fourth-order valence-electron chi connectivity index (χ4n) is 2.57. The molecule has 3 nitrogen and oxygen atoms in total. The summed E-state index contributed by atoms with van der Waals surface area (Å²) in [5.74, 6) is 1.57. The van der Waals surface area contributed by atoms with Crippen molar-refractivity contribution in [3.8, 4) is 11.3 Å². The molecule has 1 atom stereocenters. The summed E-state index contributed by atoms with van der Waals surface area (Å²) in [6.45, 7) is 5.09. The van der Waals surface area contributed by atoms with Crippen LogP contribution in [0.5, 0.6) is 0 Å². The number of nitrogens with one attached hydrogen (secondary N) is 1. The van der Waals surface area contributed by atoms with Crippen molar-refractivity contribution in [2.45, 2.75) is 13.5 Å². The third-order valence-corrected chi connectivity index (χ3v) is 3.54. The fourth-order valence-corrected chi connectivity index (χ4v) is 2.57. The van der Waals surface area contributed by atoms with Gasteiger partial charge in [0, 0.05) is 30.9 Å². The second-order valence-electron chi connectivity index (χ2n) is 5.01. The van der Waals surface area contributed by atoms with Gasteiger partial charge in [-0.2, -0.15) is 0 Å². The number of amidine groups is 1. The minimum Gasteiger partial charge on any atom is -0.372 e. The summed E-state index contributed by atoms with van der Waals surface area (Å²) in [5.41, 5.74) is 2.53. The van der Waals surface area contributed by atoms with Crippen LogP contribution in [0.1, 0.15) is 6.92 Å². The smallest absolute Gasteiger partial charge is 0.101 e. The number of aliphatic imine (C=N–C) groups is 1. The second kappa shape index (κ2) is 5.31. The van der Waals surface area contributed by atoms with E-state index in [0.717, 1.165) is 25.5 Å². The van der Waals surface area contributed by atoms with E-state index >= 15 is 0 Å². The van der Waals surface area contributed by atoms with Gasteiger partial charge in [-0.1, -0.05) is 37.3 Å². The first-order valence-corrected chi connectivity index (χ1v) is 6.83. The van der Waals surface area contributed by atoms with E-state index in [1.165, 1.54) is 11.3 Å². The molecular weight excluding hydrogens is 234 g/mol. The summed E-state index contributed by atoms with van der Waals surface area (Å²) in [6, 6.07) is 14.8. The summed E-state index contributed by atoms with van der Waals surface area (Å²) >= 11 is 0. The summed E-state index contributed by atoms with van der Waals surface area (Å²) in [4.78, 5) is 4.51. The topological polar surface area (TPSA) is 29.3 Å². The molecule has 0 fully saturated rings. The molecule has 0 saturated carbocycles. The Hall–Kier alpha value is -2.03. The van der Waals surface area contributed by atoms with Crippen molar-refractivity contribution in [3.63, 3.8) is 0 Å². The number of rotatable bonds is 4. The Kier molecular flexibility index (Phi) is 3.36. The predicted octanol–water partition coefficient (Wildman–Crippen LogP) is 2.79. The van der Waals surface area contributed by atoms with E-state index in [1.807, 2.05) is 0 Å². The molecule has 1 aromatic carbocycles. The molecule has 98 valence electrons. The van der Waals surface area contributed by atoms with Crippen LogP contribution in [0.25, 0.3) is 11.3 Å². The van der Waals surface area contributed by atoms with Crippen LogP contribution < -0.4 is 5.32 Å². The molecule has 0 amide bonds. The van der Waals surface area contributed by atoms with Crippen LogP contribution in [0.2, 0.25) is 0 Å². The Labute approximate surface area is 114 Å². The van der Waals surface area contributed by atoms with Gasteiger partial charge in [0.1, 0.15) is 5.84 Å². The molecule has 2 heterocycles. The lowest BCUT2D eigenvalue weighted by Gasteiger charge is -2.16. The SMILES string of the molecule is C[C@@H](Cn1cccc1-c1ccccc1)C1=NCCN1. The van der Waals surface area contributed by atoms with Gasteiger partial charge in [0.15, 0.2) is 0 Å². The standard InChI is InChI=1S/C16H19N3/c1-13(16-17-9-10-18-16)12-19-11-5-8-15(19)14-6-3-2-4-7-14/h2-8,11,13H,9-10,12H2,1H3,(H,17,18)/t13-/m0/s1. The van der Waals surface area contributed by atoms with Crippen molar-refractivity contribution in [1.82, 2.24) is 9.88 Å². The third-order valence-electron chi connectivity index (χ3n) is 3.54. The first kappa shape index (κ1) is 12.0. The highest BCUT2D eigenvalue weighted by molar-refractivity contribution is 5.85. The van der Waals surface area contributed by atoms with Crippen LogP contribution in [0.3, 0.4) is 0 Å². The molecule has 0 unspecified atom stereocenters.